The number of hydrogen-bond donors (Lipinski definition) is 1. The van der Waals surface area contributed by atoms with Crippen LogP contribution in [-0.4, -0.2) is 30.1 Å². The number of benzene rings is 1. The second-order valence-corrected chi connectivity index (χ2v) is 6.30. The van der Waals surface area contributed by atoms with Crippen molar-refractivity contribution in [3.63, 3.8) is 0 Å². The topological polar surface area (TPSA) is 90.7 Å². The van der Waals surface area contributed by atoms with E-state index in [0.29, 0.717) is 12.3 Å². The minimum atomic E-state index is -0.513. The molecule has 0 heterocycles. The number of carbonyl (C=O) groups is 1. The summed E-state index contributed by atoms with van der Waals surface area (Å²) in [6.45, 7) is 6.37. The summed E-state index contributed by atoms with van der Waals surface area (Å²) in [6.07, 6.45) is 2.59. The summed E-state index contributed by atoms with van der Waals surface area (Å²) >= 11 is 0. The zero-order chi connectivity index (χ0) is 17.7. The number of nitrogens with one attached hydrogen (secondary N) is 1. The van der Waals surface area contributed by atoms with Crippen LogP contribution in [0.2, 0.25) is 0 Å². The van der Waals surface area contributed by atoms with Crippen LogP contribution < -0.4 is 10.1 Å². The van der Waals surface area contributed by atoms with Crippen LogP contribution in [0, 0.1) is 15.5 Å². The van der Waals surface area contributed by atoms with Gasteiger partial charge in [0, 0.05) is 17.2 Å². The molecule has 0 saturated heterocycles. The minimum absolute atomic E-state index is 0.0710. The molecule has 0 aliphatic heterocycles. The van der Waals surface area contributed by atoms with Gasteiger partial charge in [0.25, 0.3) is 0 Å². The van der Waals surface area contributed by atoms with Gasteiger partial charge in [-0.1, -0.05) is 6.92 Å². The summed E-state index contributed by atoms with van der Waals surface area (Å²) in [5.74, 6) is 0.0975. The molecule has 0 atom stereocenters. The third kappa shape index (κ3) is 4.44. The van der Waals surface area contributed by atoms with E-state index in [0.717, 1.165) is 19.3 Å². The normalized spacial score (nSPS) is 15.2. The molecule has 0 unspecified atom stereocenters. The van der Waals surface area contributed by atoms with Crippen molar-refractivity contribution in [2.75, 3.05) is 18.5 Å². The quantitative estimate of drug-likeness (QED) is 0.423. The van der Waals surface area contributed by atoms with E-state index in [4.69, 9.17) is 9.47 Å². The standard InChI is InChI=1S/C17H24N2O5/c1-4-17(7-8-17)16(20)18-13-5-6-15(14(11-13)19(21)22)24-10-9-23-12(2)3/h5-6,11-12H,4,7-10H2,1-3H3,(H,18,20). The van der Waals surface area contributed by atoms with Crippen molar-refractivity contribution >= 4 is 17.3 Å². The minimum Gasteiger partial charge on any atom is -0.484 e. The van der Waals surface area contributed by atoms with Crippen molar-refractivity contribution in [2.24, 2.45) is 5.41 Å². The average molecular weight is 336 g/mol. The Morgan fingerprint density at radius 1 is 1.38 bits per heavy atom. The molecular formula is C17H24N2O5. The highest BCUT2D eigenvalue weighted by molar-refractivity contribution is 5.97. The molecule has 1 aromatic rings. The van der Waals surface area contributed by atoms with Gasteiger partial charge < -0.3 is 14.8 Å². The number of nitro groups is 1. The molecule has 1 aromatic carbocycles. The van der Waals surface area contributed by atoms with Crippen molar-refractivity contribution in [2.45, 2.75) is 46.1 Å². The number of amides is 1. The van der Waals surface area contributed by atoms with E-state index in [2.05, 4.69) is 5.32 Å². The summed E-state index contributed by atoms with van der Waals surface area (Å²) in [7, 11) is 0. The number of hydrogen-bond acceptors (Lipinski definition) is 5. The molecule has 1 aliphatic carbocycles. The molecule has 24 heavy (non-hydrogen) atoms. The first-order valence-corrected chi connectivity index (χ1v) is 8.22. The monoisotopic (exact) mass is 336 g/mol. The first-order chi connectivity index (χ1) is 11.4. The van der Waals surface area contributed by atoms with Crippen molar-refractivity contribution < 1.29 is 19.2 Å². The Bertz CT molecular complexity index is 611. The zero-order valence-electron chi connectivity index (χ0n) is 14.3. The van der Waals surface area contributed by atoms with E-state index in [1.54, 1.807) is 6.07 Å². The molecule has 7 nitrogen and oxygen atoms in total. The summed E-state index contributed by atoms with van der Waals surface area (Å²) in [5.41, 5.74) is -0.0473. The predicted octanol–water partition coefficient (Wildman–Crippen LogP) is 3.53. The first kappa shape index (κ1) is 18.2. The fourth-order valence-electron chi connectivity index (χ4n) is 2.45. The van der Waals surface area contributed by atoms with Gasteiger partial charge in [0.2, 0.25) is 5.91 Å². The number of carbonyl (C=O) groups excluding carboxylic acids is 1. The highest BCUT2D eigenvalue weighted by Crippen LogP contribution is 2.49. The molecule has 7 heteroatoms. The highest BCUT2D eigenvalue weighted by Gasteiger charge is 2.47. The molecular weight excluding hydrogens is 312 g/mol. The lowest BCUT2D eigenvalue weighted by Crippen LogP contribution is -2.23. The van der Waals surface area contributed by atoms with Crippen molar-refractivity contribution in [1.29, 1.82) is 0 Å². The molecule has 1 amide bonds. The smallest absolute Gasteiger partial charge is 0.312 e. The fraction of sp³-hybridized carbons (Fsp3) is 0.588. The molecule has 0 aromatic heterocycles. The summed E-state index contributed by atoms with van der Waals surface area (Å²) in [5, 5.41) is 14.0. The first-order valence-electron chi connectivity index (χ1n) is 8.22. The molecule has 1 aliphatic rings. The number of rotatable bonds is 9. The molecule has 132 valence electrons. The molecule has 0 radical (unpaired) electrons. The Morgan fingerprint density at radius 3 is 2.62 bits per heavy atom. The summed E-state index contributed by atoms with van der Waals surface area (Å²) in [6, 6.07) is 4.46. The molecule has 0 spiro atoms. The molecule has 1 fully saturated rings. The lowest BCUT2D eigenvalue weighted by molar-refractivity contribution is -0.385. The Balaban J connectivity index is 2.03. The van der Waals surface area contributed by atoms with Gasteiger partial charge >= 0.3 is 5.69 Å². The molecule has 2 rings (SSSR count). The zero-order valence-corrected chi connectivity index (χ0v) is 14.3. The number of nitrogens with zero attached hydrogens (tertiary/aromatic N) is 1. The number of ether oxygens (including phenoxy) is 2. The van der Waals surface area contributed by atoms with Gasteiger partial charge in [-0.15, -0.1) is 0 Å². The van der Waals surface area contributed by atoms with Gasteiger partial charge in [0.15, 0.2) is 5.75 Å². The maximum absolute atomic E-state index is 12.2. The molecule has 1 saturated carbocycles. The number of anilines is 1. The van der Waals surface area contributed by atoms with E-state index in [9.17, 15) is 14.9 Å². The van der Waals surface area contributed by atoms with Crippen LogP contribution in [0.1, 0.15) is 40.0 Å². The highest BCUT2D eigenvalue weighted by atomic mass is 16.6. The lowest BCUT2D eigenvalue weighted by Gasteiger charge is -2.14. The third-order valence-corrected chi connectivity index (χ3v) is 4.22. The van der Waals surface area contributed by atoms with E-state index in [1.165, 1.54) is 12.1 Å². The maximum Gasteiger partial charge on any atom is 0.312 e. The van der Waals surface area contributed by atoms with Crippen molar-refractivity contribution in [3.05, 3.63) is 28.3 Å². The van der Waals surface area contributed by atoms with Gasteiger partial charge in [-0.05, 0) is 45.2 Å². The Morgan fingerprint density at radius 2 is 2.08 bits per heavy atom. The second kappa shape index (κ2) is 7.61. The SMILES string of the molecule is CCC1(C(=O)Nc2ccc(OCCOC(C)C)c([N+](=O)[O-])c2)CC1. The van der Waals surface area contributed by atoms with Crippen LogP contribution in [0.5, 0.6) is 5.75 Å². The Labute approximate surface area is 141 Å². The maximum atomic E-state index is 12.2. The van der Waals surface area contributed by atoms with Crippen molar-refractivity contribution in [3.8, 4) is 5.75 Å². The van der Waals surface area contributed by atoms with Gasteiger partial charge in [0.05, 0.1) is 17.6 Å². The average Bonchev–Trinajstić information content (AvgIpc) is 3.33. The molecule has 1 N–H and O–H groups in total. The van der Waals surface area contributed by atoms with Crippen LogP contribution in [0.15, 0.2) is 18.2 Å². The Kier molecular flexibility index (Phi) is 5.77. The van der Waals surface area contributed by atoms with Crippen LogP contribution in [-0.2, 0) is 9.53 Å². The Hall–Kier alpha value is -2.15. The van der Waals surface area contributed by atoms with Crippen LogP contribution in [0.3, 0.4) is 0 Å². The largest absolute Gasteiger partial charge is 0.484 e. The van der Waals surface area contributed by atoms with E-state index in [1.807, 2.05) is 20.8 Å². The second-order valence-electron chi connectivity index (χ2n) is 6.30. The molecule has 0 bridgehead atoms. The van der Waals surface area contributed by atoms with E-state index < -0.39 is 4.92 Å². The van der Waals surface area contributed by atoms with E-state index >= 15 is 0 Å². The van der Waals surface area contributed by atoms with Gasteiger partial charge in [-0.2, -0.15) is 0 Å². The fourth-order valence-corrected chi connectivity index (χ4v) is 2.45. The summed E-state index contributed by atoms with van der Waals surface area (Å²) < 4.78 is 10.8. The van der Waals surface area contributed by atoms with Gasteiger partial charge in [0.1, 0.15) is 6.61 Å². The third-order valence-electron chi connectivity index (χ3n) is 4.22. The van der Waals surface area contributed by atoms with Gasteiger partial charge in [-0.3, -0.25) is 14.9 Å². The summed E-state index contributed by atoms with van der Waals surface area (Å²) in [4.78, 5) is 23.0. The van der Waals surface area contributed by atoms with Gasteiger partial charge in [-0.25, -0.2) is 0 Å². The van der Waals surface area contributed by atoms with Crippen molar-refractivity contribution in [1.82, 2.24) is 0 Å². The van der Waals surface area contributed by atoms with Crippen LogP contribution in [0.4, 0.5) is 11.4 Å². The predicted molar refractivity (Wildman–Crippen MR) is 90.3 cm³/mol. The van der Waals surface area contributed by atoms with Crippen LogP contribution >= 0.6 is 0 Å². The lowest BCUT2D eigenvalue weighted by atomic mass is 10.0. The van der Waals surface area contributed by atoms with Crippen LogP contribution in [0.25, 0.3) is 0 Å². The number of nitro benzene ring substituents is 1. The van der Waals surface area contributed by atoms with E-state index in [-0.39, 0.29) is 35.5 Å².